The SMILES string of the molecule is C[C@H](O)CNC(=O)Cc1ccc(N)cn1. The zero-order valence-corrected chi connectivity index (χ0v) is 8.60. The van der Waals surface area contributed by atoms with Gasteiger partial charge in [-0.1, -0.05) is 0 Å². The maximum atomic E-state index is 11.3. The summed E-state index contributed by atoms with van der Waals surface area (Å²) in [4.78, 5) is 15.3. The third-order valence-corrected chi connectivity index (χ3v) is 1.78. The molecule has 1 heterocycles. The third kappa shape index (κ3) is 4.42. The number of rotatable bonds is 4. The fourth-order valence-corrected chi connectivity index (χ4v) is 1.03. The van der Waals surface area contributed by atoms with Crippen molar-refractivity contribution >= 4 is 11.6 Å². The summed E-state index contributed by atoms with van der Waals surface area (Å²) in [6, 6.07) is 3.40. The highest BCUT2D eigenvalue weighted by atomic mass is 16.3. The van der Waals surface area contributed by atoms with Crippen molar-refractivity contribution in [2.24, 2.45) is 0 Å². The number of aromatic nitrogens is 1. The zero-order valence-electron chi connectivity index (χ0n) is 8.60. The van der Waals surface area contributed by atoms with E-state index < -0.39 is 6.10 Å². The van der Waals surface area contributed by atoms with E-state index in [0.29, 0.717) is 11.4 Å². The van der Waals surface area contributed by atoms with Crippen LogP contribution >= 0.6 is 0 Å². The maximum Gasteiger partial charge on any atom is 0.226 e. The Morgan fingerprint density at radius 3 is 2.93 bits per heavy atom. The predicted molar refractivity (Wildman–Crippen MR) is 57.0 cm³/mol. The van der Waals surface area contributed by atoms with Crippen LogP contribution in [0.15, 0.2) is 18.3 Å². The van der Waals surface area contributed by atoms with Crippen LogP contribution in [-0.4, -0.2) is 28.6 Å². The molecule has 5 nitrogen and oxygen atoms in total. The number of amides is 1. The van der Waals surface area contributed by atoms with Crippen LogP contribution in [0, 0.1) is 0 Å². The van der Waals surface area contributed by atoms with Gasteiger partial charge in [-0.3, -0.25) is 9.78 Å². The number of aliphatic hydroxyl groups excluding tert-OH is 1. The molecule has 82 valence electrons. The molecule has 0 saturated heterocycles. The van der Waals surface area contributed by atoms with Crippen molar-refractivity contribution < 1.29 is 9.90 Å². The van der Waals surface area contributed by atoms with Gasteiger partial charge in [0, 0.05) is 12.2 Å². The lowest BCUT2D eigenvalue weighted by Crippen LogP contribution is -2.31. The number of carbonyl (C=O) groups excluding carboxylic acids is 1. The molecular weight excluding hydrogens is 194 g/mol. The van der Waals surface area contributed by atoms with Crippen LogP contribution in [0.2, 0.25) is 0 Å². The van der Waals surface area contributed by atoms with E-state index >= 15 is 0 Å². The lowest BCUT2D eigenvalue weighted by molar-refractivity contribution is -0.120. The van der Waals surface area contributed by atoms with Gasteiger partial charge in [0.05, 0.1) is 24.4 Å². The Balaban J connectivity index is 2.41. The molecule has 0 spiro atoms. The minimum absolute atomic E-state index is 0.159. The van der Waals surface area contributed by atoms with E-state index in [2.05, 4.69) is 10.3 Å². The zero-order chi connectivity index (χ0) is 11.3. The third-order valence-electron chi connectivity index (χ3n) is 1.78. The van der Waals surface area contributed by atoms with E-state index in [0.717, 1.165) is 0 Å². The average Bonchev–Trinajstić information content (AvgIpc) is 2.19. The van der Waals surface area contributed by atoms with E-state index in [-0.39, 0.29) is 18.9 Å². The second kappa shape index (κ2) is 5.31. The first-order valence-electron chi connectivity index (χ1n) is 4.73. The number of nitrogens with one attached hydrogen (secondary N) is 1. The molecule has 1 amide bonds. The minimum atomic E-state index is -0.534. The van der Waals surface area contributed by atoms with Gasteiger partial charge in [0.1, 0.15) is 0 Å². The summed E-state index contributed by atoms with van der Waals surface area (Å²) in [5.41, 5.74) is 6.69. The summed E-state index contributed by atoms with van der Waals surface area (Å²) in [5, 5.41) is 11.5. The molecule has 0 aliphatic heterocycles. The first-order chi connectivity index (χ1) is 7.08. The lowest BCUT2D eigenvalue weighted by Gasteiger charge is -2.06. The van der Waals surface area contributed by atoms with Crippen LogP contribution in [-0.2, 0) is 11.2 Å². The highest BCUT2D eigenvalue weighted by molar-refractivity contribution is 5.78. The van der Waals surface area contributed by atoms with Gasteiger partial charge in [-0.05, 0) is 19.1 Å². The van der Waals surface area contributed by atoms with Crippen molar-refractivity contribution in [3.8, 4) is 0 Å². The molecule has 0 bridgehead atoms. The van der Waals surface area contributed by atoms with Crippen molar-refractivity contribution in [2.45, 2.75) is 19.4 Å². The summed E-state index contributed by atoms with van der Waals surface area (Å²) in [7, 11) is 0. The summed E-state index contributed by atoms with van der Waals surface area (Å²) in [6.07, 6.45) is 1.18. The molecule has 0 fully saturated rings. The first-order valence-corrected chi connectivity index (χ1v) is 4.73. The highest BCUT2D eigenvalue weighted by Crippen LogP contribution is 2.01. The topological polar surface area (TPSA) is 88.2 Å². The van der Waals surface area contributed by atoms with Gasteiger partial charge in [-0.2, -0.15) is 0 Å². The van der Waals surface area contributed by atoms with E-state index in [1.54, 1.807) is 19.1 Å². The Labute approximate surface area is 88.3 Å². The average molecular weight is 209 g/mol. The second-order valence-electron chi connectivity index (χ2n) is 3.41. The van der Waals surface area contributed by atoms with E-state index in [4.69, 9.17) is 10.8 Å². The van der Waals surface area contributed by atoms with Crippen LogP contribution in [0.3, 0.4) is 0 Å². The smallest absolute Gasteiger partial charge is 0.226 e. The van der Waals surface area contributed by atoms with Crippen molar-refractivity contribution in [3.63, 3.8) is 0 Å². The number of hydrogen-bond donors (Lipinski definition) is 3. The number of pyridine rings is 1. The molecule has 0 radical (unpaired) electrons. The largest absolute Gasteiger partial charge is 0.397 e. The van der Waals surface area contributed by atoms with Crippen LogP contribution in [0.5, 0.6) is 0 Å². The summed E-state index contributed by atoms with van der Waals surface area (Å²) in [5.74, 6) is -0.159. The molecule has 4 N–H and O–H groups in total. The van der Waals surface area contributed by atoms with Gasteiger partial charge in [-0.25, -0.2) is 0 Å². The van der Waals surface area contributed by atoms with Crippen molar-refractivity contribution in [1.82, 2.24) is 10.3 Å². The Kier molecular flexibility index (Phi) is 4.05. The second-order valence-corrected chi connectivity index (χ2v) is 3.41. The van der Waals surface area contributed by atoms with Gasteiger partial charge in [0.15, 0.2) is 0 Å². The van der Waals surface area contributed by atoms with Crippen molar-refractivity contribution in [3.05, 3.63) is 24.0 Å². The number of aliphatic hydroxyl groups is 1. The van der Waals surface area contributed by atoms with Crippen LogP contribution in [0.25, 0.3) is 0 Å². The quantitative estimate of drug-likeness (QED) is 0.635. The Morgan fingerprint density at radius 2 is 2.40 bits per heavy atom. The molecule has 1 rings (SSSR count). The molecule has 1 aromatic rings. The Hall–Kier alpha value is -1.62. The maximum absolute atomic E-state index is 11.3. The molecule has 0 aliphatic rings. The van der Waals surface area contributed by atoms with Gasteiger partial charge in [0.2, 0.25) is 5.91 Å². The van der Waals surface area contributed by atoms with Crippen LogP contribution in [0.4, 0.5) is 5.69 Å². The predicted octanol–water partition coefficient (Wildman–Crippen LogP) is -0.297. The van der Waals surface area contributed by atoms with Crippen molar-refractivity contribution in [2.75, 3.05) is 12.3 Å². The Morgan fingerprint density at radius 1 is 1.67 bits per heavy atom. The number of hydrogen-bond acceptors (Lipinski definition) is 4. The van der Waals surface area contributed by atoms with Crippen LogP contribution < -0.4 is 11.1 Å². The summed E-state index contributed by atoms with van der Waals surface area (Å²) < 4.78 is 0. The number of carbonyl (C=O) groups is 1. The van der Waals surface area contributed by atoms with Crippen LogP contribution in [0.1, 0.15) is 12.6 Å². The monoisotopic (exact) mass is 209 g/mol. The molecule has 0 saturated carbocycles. The van der Waals surface area contributed by atoms with Gasteiger partial charge in [-0.15, -0.1) is 0 Å². The molecule has 5 heteroatoms. The molecular formula is C10H15N3O2. The van der Waals surface area contributed by atoms with E-state index in [1.807, 2.05) is 0 Å². The number of nitrogens with two attached hydrogens (primary N) is 1. The fraction of sp³-hybridized carbons (Fsp3) is 0.400. The lowest BCUT2D eigenvalue weighted by atomic mass is 10.2. The van der Waals surface area contributed by atoms with Gasteiger partial charge < -0.3 is 16.2 Å². The summed E-state index contributed by atoms with van der Waals surface area (Å²) >= 11 is 0. The molecule has 0 aromatic carbocycles. The van der Waals surface area contributed by atoms with E-state index in [9.17, 15) is 4.79 Å². The van der Waals surface area contributed by atoms with E-state index in [1.165, 1.54) is 6.20 Å². The minimum Gasteiger partial charge on any atom is -0.397 e. The Bertz CT molecular complexity index is 322. The molecule has 0 unspecified atom stereocenters. The van der Waals surface area contributed by atoms with Gasteiger partial charge in [0.25, 0.3) is 0 Å². The van der Waals surface area contributed by atoms with Gasteiger partial charge >= 0.3 is 0 Å². The molecule has 0 aliphatic carbocycles. The first kappa shape index (κ1) is 11.5. The van der Waals surface area contributed by atoms with Crippen molar-refractivity contribution in [1.29, 1.82) is 0 Å². The fourth-order valence-electron chi connectivity index (χ4n) is 1.03. The molecule has 1 aromatic heterocycles. The number of nitrogens with zero attached hydrogens (tertiary/aromatic N) is 1. The number of nitrogen functional groups attached to an aromatic ring is 1. The molecule has 15 heavy (non-hydrogen) atoms. The summed E-state index contributed by atoms with van der Waals surface area (Å²) in [6.45, 7) is 1.87. The molecule has 1 atom stereocenters. The highest BCUT2D eigenvalue weighted by Gasteiger charge is 2.04. The standard InChI is InChI=1S/C10H15N3O2/c1-7(14)5-13-10(15)4-9-3-2-8(11)6-12-9/h2-3,6-7,14H,4-5,11H2,1H3,(H,13,15)/t7-/m0/s1. The normalized spacial score (nSPS) is 12.1. The number of anilines is 1.